The van der Waals surface area contributed by atoms with Gasteiger partial charge in [-0.15, -0.1) is 11.3 Å². The molecule has 0 radical (unpaired) electrons. The van der Waals surface area contributed by atoms with Crippen LogP contribution < -0.4 is 4.90 Å². The number of rotatable bonds is 5. The van der Waals surface area contributed by atoms with Gasteiger partial charge in [-0.2, -0.15) is 0 Å². The van der Waals surface area contributed by atoms with E-state index in [1.165, 1.54) is 11.3 Å². The highest BCUT2D eigenvalue weighted by Gasteiger charge is 2.20. The van der Waals surface area contributed by atoms with Crippen LogP contribution in [0, 0.1) is 0 Å². The topological polar surface area (TPSA) is 16.4 Å². The first kappa shape index (κ1) is 16.8. The number of hydrogen-bond donors (Lipinski definition) is 0. The quantitative estimate of drug-likeness (QED) is 0.183. The van der Waals surface area contributed by atoms with Gasteiger partial charge in [-0.1, -0.05) is 121 Å². The third kappa shape index (κ3) is 4.62. The van der Waals surface area contributed by atoms with Crippen LogP contribution in [0.25, 0.3) is 75.1 Å². The molecule has 2 aromatic heterocycles. The minimum atomic E-state index is -0.782. The molecule has 0 N–H and O–H groups in total. The molecule has 0 unspecified atom stereocenters. The molecule has 0 amide bonds. The van der Waals surface area contributed by atoms with Crippen molar-refractivity contribution in [3.63, 3.8) is 0 Å². The van der Waals surface area contributed by atoms with Gasteiger partial charge in [-0.05, 0) is 81.5 Å². The summed E-state index contributed by atoms with van der Waals surface area (Å²) >= 11 is 1.49. The second kappa shape index (κ2) is 11.2. The van der Waals surface area contributed by atoms with Gasteiger partial charge in [0.15, 0.2) is 0 Å². The summed E-state index contributed by atoms with van der Waals surface area (Å²) in [4.78, 5) is 1.62. The zero-order valence-corrected chi connectivity index (χ0v) is 26.2. The molecule has 0 bridgehead atoms. The molecule has 230 valence electrons. The molecule has 3 heteroatoms. The lowest BCUT2D eigenvalue weighted by atomic mass is 9.95. The number of nitrogens with zero attached hydrogens (tertiary/aromatic N) is 1. The molecule has 2 nitrogen and oxygen atoms in total. The fourth-order valence-corrected chi connectivity index (χ4v) is 7.49. The van der Waals surface area contributed by atoms with Gasteiger partial charge in [0.2, 0.25) is 0 Å². The number of fused-ring (bicyclic) bond motifs is 7. The van der Waals surface area contributed by atoms with Gasteiger partial charge in [0.25, 0.3) is 0 Å². The SMILES string of the molecule is [2H]c1c([2H])c([2H])c(-c2c([2H])c([2H])c([2H])c3c([2H])c([2H])c(-c4c([2H])c([2H])c(N(c5ccc6c(c5)oc5ccccc56)c5cccc6c5sc5ccccc56)c([2H])c4[2H])c([2H])c23)c([2H])c1[2H]. The van der Waals surface area contributed by atoms with Crippen molar-refractivity contribution < 1.29 is 25.0 Å². The molecular weight excluding hydrogens is 615 g/mol. The number of hydrogen-bond acceptors (Lipinski definition) is 3. The van der Waals surface area contributed by atoms with E-state index < -0.39 is 124 Å². The summed E-state index contributed by atoms with van der Waals surface area (Å²) in [5.41, 5.74) is -0.293. The van der Waals surface area contributed by atoms with Gasteiger partial charge in [-0.25, -0.2) is 0 Å². The molecule has 0 aliphatic rings. The highest BCUT2D eigenvalue weighted by Crippen LogP contribution is 2.46. The van der Waals surface area contributed by atoms with Crippen molar-refractivity contribution in [3.05, 3.63) is 176 Å². The first-order chi connectivity index (χ1) is 30.5. The van der Waals surface area contributed by atoms with Crippen molar-refractivity contribution in [1.82, 2.24) is 0 Å². The Labute approximate surface area is 308 Å². The smallest absolute Gasteiger partial charge is 0.137 e. The van der Waals surface area contributed by atoms with E-state index in [0.717, 1.165) is 30.9 Å². The first-order valence-corrected chi connectivity index (χ1v) is 16.2. The fourth-order valence-electron chi connectivity index (χ4n) is 6.29. The minimum Gasteiger partial charge on any atom is -0.456 e. The van der Waals surface area contributed by atoms with Crippen molar-refractivity contribution in [3.8, 4) is 22.3 Å². The van der Waals surface area contributed by atoms with E-state index in [-0.39, 0.29) is 5.69 Å². The second-order valence-electron chi connectivity index (χ2n) is 11.3. The van der Waals surface area contributed by atoms with Crippen LogP contribution in [0.15, 0.2) is 180 Å². The average molecular weight is 659 g/mol. The Morgan fingerprint density at radius 3 is 2.18 bits per heavy atom. The Kier molecular flexibility index (Phi) is 3.85. The van der Waals surface area contributed by atoms with E-state index in [0.29, 0.717) is 22.5 Å². The third-order valence-electron chi connectivity index (χ3n) is 8.52. The lowest BCUT2D eigenvalue weighted by Gasteiger charge is -2.26. The van der Waals surface area contributed by atoms with E-state index >= 15 is 0 Å². The van der Waals surface area contributed by atoms with E-state index in [9.17, 15) is 8.22 Å². The molecule has 0 aliphatic heterocycles. The summed E-state index contributed by atoms with van der Waals surface area (Å²) in [6.45, 7) is 0. The molecule has 0 saturated heterocycles. The maximum Gasteiger partial charge on any atom is 0.137 e. The normalized spacial score (nSPS) is 16.0. The molecule has 0 saturated carbocycles. The van der Waals surface area contributed by atoms with Crippen molar-refractivity contribution in [2.45, 2.75) is 0 Å². The van der Waals surface area contributed by atoms with Crippen molar-refractivity contribution in [2.24, 2.45) is 0 Å². The molecule has 10 aromatic rings. The van der Waals surface area contributed by atoms with Gasteiger partial charge < -0.3 is 9.32 Å². The predicted octanol–water partition coefficient (Wildman–Crippen LogP) is 13.9. The molecule has 8 aromatic carbocycles. The van der Waals surface area contributed by atoms with Gasteiger partial charge in [0.05, 0.1) is 30.9 Å². The van der Waals surface area contributed by atoms with Crippen LogP contribution in [0.1, 0.15) is 20.6 Å². The standard InChI is InChI=1S/C46H29NOS/c1-2-10-31(11-3-1)36-15-8-12-32-20-21-33(28-41(32)36)30-22-24-34(25-23-30)47(35-26-27-38-37-13-4-6-18-43(37)48-44(38)29-35)42-17-9-16-40-39-14-5-7-19-45(39)49-46(40)42/h1-29H/i1D,2D,3D,8D,10D,11D,12D,15D,20D,21D,22D,23D,24D,25D,28D. The highest BCUT2D eigenvalue weighted by molar-refractivity contribution is 7.26. The fraction of sp³-hybridized carbons (Fsp3) is 0. The number of benzene rings is 8. The molecule has 49 heavy (non-hydrogen) atoms. The van der Waals surface area contributed by atoms with Crippen LogP contribution >= 0.6 is 11.3 Å². The number of para-hydroxylation sites is 1. The summed E-state index contributed by atoms with van der Waals surface area (Å²) in [5, 5.41) is 2.59. The van der Waals surface area contributed by atoms with E-state index in [4.69, 9.17) is 16.8 Å². The first-order valence-electron chi connectivity index (χ1n) is 22.9. The van der Waals surface area contributed by atoms with Gasteiger partial charge in [0.1, 0.15) is 11.2 Å². The van der Waals surface area contributed by atoms with Crippen molar-refractivity contribution in [2.75, 3.05) is 4.90 Å². The maximum atomic E-state index is 9.66. The zero-order chi connectivity index (χ0) is 45.4. The average Bonchev–Trinajstić information content (AvgIpc) is 3.87. The van der Waals surface area contributed by atoms with Crippen LogP contribution in [-0.2, 0) is 0 Å². The lowest BCUT2D eigenvalue weighted by Crippen LogP contribution is -2.10. The van der Waals surface area contributed by atoms with E-state index in [1.54, 1.807) is 17.0 Å². The Bertz CT molecular complexity index is 3650. The molecule has 0 aliphatic carbocycles. The molecule has 0 atom stereocenters. The summed E-state index contributed by atoms with van der Waals surface area (Å²) in [6.07, 6.45) is 0. The Morgan fingerprint density at radius 2 is 1.29 bits per heavy atom. The highest BCUT2D eigenvalue weighted by atomic mass is 32.1. The Hall–Kier alpha value is -6.16. The molecule has 2 heterocycles. The monoisotopic (exact) mass is 658 g/mol. The summed E-state index contributed by atoms with van der Waals surface area (Å²) < 4.78 is 143. The van der Waals surface area contributed by atoms with E-state index in [1.807, 2.05) is 72.8 Å². The number of furan rings is 1. The molecule has 10 rings (SSSR count). The van der Waals surface area contributed by atoms with Crippen LogP contribution in [0.5, 0.6) is 0 Å². The Balaban J connectivity index is 1.29. The Morgan fingerprint density at radius 1 is 0.510 bits per heavy atom. The summed E-state index contributed by atoms with van der Waals surface area (Å²) in [7, 11) is 0. The van der Waals surface area contributed by atoms with Crippen molar-refractivity contribution >= 4 is 81.3 Å². The van der Waals surface area contributed by atoms with Crippen LogP contribution in [0.4, 0.5) is 17.1 Å². The molecule has 0 fully saturated rings. The maximum absolute atomic E-state index is 9.66. The van der Waals surface area contributed by atoms with Crippen molar-refractivity contribution in [1.29, 1.82) is 0 Å². The largest absolute Gasteiger partial charge is 0.456 e. The van der Waals surface area contributed by atoms with Gasteiger partial charge in [0, 0.05) is 43.7 Å². The van der Waals surface area contributed by atoms with Gasteiger partial charge >= 0.3 is 0 Å². The van der Waals surface area contributed by atoms with Crippen LogP contribution in [0.3, 0.4) is 0 Å². The van der Waals surface area contributed by atoms with Crippen LogP contribution in [-0.4, -0.2) is 0 Å². The predicted molar refractivity (Wildman–Crippen MR) is 210 cm³/mol. The number of thiophene rings is 1. The number of anilines is 3. The van der Waals surface area contributed by atoms with E-state index in [2.05, 4.69) is 0 Å². The third-order valence-corrected chi connectivity index (χ3v) is 9.73. The summed E-state index contributed by atoms with van der Waals surface area (Å²) in [5.74, 6) is 0. The van der Waals surface area contributed by atoms with Crippen LogP contribution in [0.2, 0.25) is 0 Å². The van der Waals surface area contributed by atoms with Gasteiger partial charge in [-0.3, -0.25) is 0 Å². The minimum absolute atomic E-state index is 0.176. The summed E-state index contributed by atoms with van der Waals surface area (Å²) in [6, 6.07) is 15.5. The zero-order valence-electron chi connectivity index (χ0n) is 40.3. The second-order valence-corrected chi connectivity index (χ2v) is 12.4. The molecular formula is C46H29NOS. The lowest BCUT2D eigenvalue weighted by molar-refractivity contribution is 0.669. The molecule has 0 spiro atoms.